The summed E-state index contributed by atoms with van der Waals surface area (Å²) in [5.74, 6) is 0.325. The van der Waals surface area contributed by atoms with Crippen LogP contribution >= 0.6 is 0 Å². The summed E-state index contributed by atoms with van der Waals surface area (Å²) in [4.78, 5) is 17.0. The van der Waals surface area contributed by atoms with E-state index in [-0.39, 0.29) is 0 Å². The molecule has 0 fully saturated rings. The topological polar surface area (TPSA) is 32.7 Å². The molecule has 3 nitrogen and oxygen atoms in total. The molecule has 1 aliphatic heterocycles. The van der Waals surface area contributed by atoms with Crippen molar-refractivity contribution < 1.29 is 4.79 Å². The minimum Gasteiger partial charge on any atom is -0.370 e. The second-order valence-electron chi connectivity index (χ2n) is 2.77. The molecule has 0 saturated carbocycles. The highest BCUT2D eigenvalue weighted by Gasteiger charge is 2.03. The van der Waals surface area contributed by atoms with Gasteiger partial charge in [-0.25, -0.2) is 0 Å². The van der Waals surface area contributed by atoms with Gasteiger partial charge < -0.3 is 4.90 Å². The van der Waals surface area contributed by atoms with Gasteiger partial charge in [0.15, 0.2) is 0 Å². The van der Waals surface area contributed by atoms with Crippen molar-refractivity contribution in [3.05, 3.63) is 12.4 Å². The first-order chi connectivity index (χ1) is 5.83. The zero-order valence-corrected chi connectivity index (χ0v) is 7.36. The third-order valence-corrected chi connectivity index (χ3v) is 1.86. The van der Waals surface area contributed by atoms with Gasteiger partial charge in [-0.3, -0.25) is 9.79 Å². The first-order valence-corrected chi connectivity index (χ1v) is 4.27. The van der Waals surface area contributed by atoms with Crippen LogP contribution in [0.2, 0.25) is 0 Å². The van der Waals surface area contributed by atoms with Crippen LogP contribution in [0.1, 0.15) is 19.8 Å². The molecular formula is C9H14N2O. The molecule has 0 atom stereocenters. The monoisotopic (exact) mass is 166 g/mol. The van der Waals surface area contributed by atoms with Gasteiger partial charge in [0.05, 0.1) is 6.54 Å². The van der Waals surface area contributed by atoms with Crippen LogP contribution < -0.4 is 0 Å². The number of nitrogens with zero attached hydrogens (tertiary/aromatic N) is 2. The van der Waals surface area contributed by atoms with Crippen molar-refractivity contribution in [2.45, 2.75) is 19.8 Å². The molecule has 0 saturated heterocycles. The van der Waals surface area contributed by atoms with E-state index in [0.717, 1.165) is 13.1 Å². The summed E-state index contributed by atoms with van der Waals surface area (Å²) in [7, 11) is 0. The molecule has 12 heavy (non-hydrogen) atoms. The van der Waals surface area contributed by atoms with Crippen LogP contribution in [0.3, 0.4) is 0 Å². The van der Waals surface area contributed by atoms with Gasteiger partial charge in [0.2, 0.25) is 0 Å². The number of Topliss-reactive ketones (excluding diaryl/α,β-unsaturated/α-hetero) is 1. The zero-order chi connectivity index (χ0) is 8.81. The molecular weight excluding hydrogens is 152 g/mol. The van der Waals surface area contributed by atoms with Crippen molar-refractivity contribution >= 4 is 12.0 Å². The summed E-state index contributed by atoms with van der Waals surface area (Å²) in [6, 6.07) is 0. The van der Waals surface area contributed by atoms with Crippen LogP contribution in [0.15, 0.2) is 17.4 Å². The molecule has 0 aliphatic carbocycles. The first kappa shape index (κ1) is 8.97. The molecule has 1 rings (SSSR count). The fourth-order valence-corrected chi connectivity index (χ4v) is 1.02. The van der Waals surface area contributed by atoms with Crippen LogP contribution in [0.5, 0.6) is 0 Å². The SMILES string of the molecule is CCC(=O)CCN1C=CN=CC1. The Hall–Kier alpha value is -1.12. The number of hydrogen-bond donors (Lipinski definition) is 0. The summed E-state index contributed by atoms with van der Waals surface area (Å²) >= 11 is 0. The first-order valence-electron chi connectivity index (χ1n) is 4.27. The van der Waals surface area contributed by atoms with Crippen LogP contribution in [-0.4, -0.2) is 30.0 Å². The maximum atomic E-state index is 11.0. The van der Waals surface area contributed by atoms with Crippen molar-refractivity contribution in [1.82, 2.24) is 4.90 Å². The Labute approximate surface area is 72.8 Å². The summed E-state index contributed by atoms with van der Waals surface area (Å²) in [5.41, 5.74) is 0. The molecule has 3 heteroatoms. The van der Waals surface area contributed by atoms with Gasteiger partial charge >= 0.3 is 0 Å². The molecule has 0 amide bonds. The average Bonchev–Trinajstić information content (AvgIpc) is 2.16. The Morgan fingerprint density at radius 2 is 2.50 bits per heavy atom. The van der Waals surface area contributed by atoms with Crippen molar-refractivity contribution in [2.24, 2.45) is 4.99 Å². The Morgan fingerprint density at radius 3 is 3.08 bits per heavy atom. The minimum absolute atomic E-state index is 0.325. The van der Waals surface area contributed by atoms with E-state index < -0.39 is 0 Å². The highest BCUT2D eigenvalue weighted by atomic mass is 16.1. The fourth-order valence-electron chi connectivity index (χ4n) is 1.02. The van der Waals surface area contributed by atoms with E-state index in [0.29, 0.717) is 18.6 Å². The molecule has 66 valence electrons. The average molecular weight is 166 g/mol. The number of aliphatic imine (C=N–C) groups is 1. The lowest BCUT2D eigenvalue weighted by Gasteiger charge is -2.18. The van der Waals surface area contributed by atoms with Crippen LogP contribution in [-0.2, 0) is 4.79 Å². The molecule has 0 radical (unpaired) electrons. The smallest absolute Gasteiger partial charge is 0.134 e. The van der Waals surface area contributed by atoms with Crippen LogP contribution in [0.4, 0.5) is 0 Å². The molecule has 0 unspecified atom stereocenters. The second kappa shape index (κ2) is 4.70. The molecule has 0 aromatic carbocycles. The molecule has 0 N–H and O–H groups in total. The number of ketones is 1. The standard InChI is InChI=1S/C9H14N2O/c1-2-9(12)3-6-11-7-4-10-5-8-11/h4-5,7H,2-3,6,8H2,1H3. The maximum Gasteiger partial charge on any atom is 0.134 e. The van der Waals surface area contributed by atoms with Gasteiger partial charge in [-0.1, -0.05) is 6.92 Å². The third kappa shape index (κ3) is 2.86. The van der Waals surface area contributed by atoms with Gasteiger partial charge in [-0.2, -0.15) is 0 Å². The number of carbonyl (C=O) groups excluding carboxylic acids is 1. The van der Waals surface area contributed by atoms with E-state index in [1.54, 1.807) is 6.20 Å². The lowest BCUT2D eigenvalue weighted by Crippen LogP contribution is -2.24. The number of hydrogen-bond acceptors (Lipinski definition) is 3. The van der Waals surface area contributed by atoms with Crippen LogP contribution in [0.25, 0.3) is 0 Å². The predicted octanol–water partition coefficient (Wildman–Crippen LogP) is 1.21. The maximum absolute atomic E-state index is 11.0. The second-order valence-corrected chi connectivity index (χ2v) is 2.77. The summed E-state index contributed by atoms with van der Waals surface area (Å²) in [6.07, 6.45) is 6.81. The van der Waals surface area contributed by atoms with Gasteiger partial charge in [0.25, 0.3) is 0 Å². The number of rotatable bonds is 4. The Kier molecular flexibility index (Phi) is 3.51. The molecule has 0 aromatic rings. The number of carbonyl (C=O) groups is 1. The van der Waals surface area contributed by atoms with E-state index in [4.69, 9.17) is 0 Å². The zero-order valence-electron chi connectivity index (χ0n) is 7.36. The normalized spacial score (nSPS) is 15.2. The van der Waals surface area contributed by atoms with E-state index in [2.05, 4.69) is 9.89 Å². The van der Waals surface area contributed by atoms with E-state index >= 15 is 0 Å². The third-order valence-electron chi connectivity index (χ3n) is 1.86. The lowest BCUT2D eigenvalue weighted by atomic mass is 10.2. The van der Waals surface area contributed by atoms with Gasteiger partial charge in [0.1, 0.15) is 5.78 Å². The summed E-state index contributed by atoms with van der Waals surface area (Å²) < 4.78 is 0. The van der Waals surface area contributed by atoms with Crippen LogP contribution in [0, 0.1) is 0 Å². The summed E-state index contributed by atoms with van der Waals surface area (Å²) in [6.45, 7) is 3.54. The molecule has 1 heterocycles. The highest BCUT2D eigenvalue weighted by molar-refractivity contribution is 5.78. The predicted molar refractivity (Wildman–Crippen MR) is 49.1 cm³/mol. The van der Waals surface area contributed by atoms with Gasteiger partial charge in [-0.15, -0.1) is 0 Å². The van der Waals surface area contributed by atoms with Crippen molar-refractivity contribution in [3.8, 4) is 0 Å². The largest absolute Gasteiger partial charge is 0.370 e. The summed E-state index contributed by atoms with van der Waals surface area (Å²) in [5, 5.41) is 0. The Balaban J connectivity index is 2.19. The fraction of sp³-hybridized carbons (Fsp3) is 0.556. The van der Waals surface area contributed by atoms with Crippen molar-refractivity contribution in [2.75, 3.05) is 13.1 Å². The van der Waals surface area contributed by atoms with Gasteiger partial charge in [0, 0.05) is 38.0 Å². The van der Waals surface area contributed by atoms with E-state index in [1.807, 2.05) is 19.3 Å². The minimum atomic E-state index is 0.325. The van der Waals surface area contributed by atoms with E-state index in [1.165, 1.54) is 0 Å². The van der Waals surface area contributed by atoms with Crippen molar-refractivity contribution in [1.29, 1.82) is 0 Å². The molecule has 0 spiro atoms. The molecule has 0 bridgehead atoms. The van der Waals surface area contributed by atoms with E-state index in [9.17, 15) is 4.79 Å². The Morgan fingerprint density at radius 1 is 1.67 bits per heavy atom. The highest BCUT2D eigenvalue weighted by Crippen LogP contribution is 1.98. The van der Waals surface area contributed by atoms with Gasteiger partial charge in [-0.05, 0) is 0 Å². The van der Waals surface area contributed by atoms with Crippen molar-refractivity contribution in [3.63, 3.8) is 0 Å². The quantitative estimate of drug-likeness (QED) is 0.629. The Bertz CT molecular complexity index is 209. The molecule has 1 aliphatic rings. The molecule has 0 aromatic heterocycles. The lowest BCUT2D eigenvalue weighted by molar-refractivity contribution is -0.118.